The van der Waals surface area contributed by atoms with Crippen LogP contribution in [0, 0.1) is 6.92 Å². The van der Waals surface area contributed by atoms with E-state index >= 15 is 0 Å². The molecule has 9 nitrogen and oxygen atoms in total. The first-order valence-corrected chi connectivity index (χ1v) is 9.26. The van der Waals surface area contributed by atoms with E-state index in [-0.39, 0.29) is 12.0 Å². The molecule has 0 spiro atoms. The SMILES string of the molecule is Cc1ccc2c(O)c(C(=O)NCC(=O)O)c(=O)n3c2c1OCC3c1cscn1. The molecule has 0 fully saturated rings. The lowest BCUT2D eigenvalue weighted by Gasteiger charge is -2.29. The molecule has 3 heterocycles. The van der Waals surface area contributed by atoms with Crippen LogP contribution in [-0.4, -0.2) is 44.8 Å². The van der Waals surface area contributed by atoms with E-state index in [4.69, 9.17) is 9.84 Å². The van der Waals surface area contributed by atoms with Gasteiger partial charge in [-0.15, -0.1) is 11.3 Å². The third-order valence-corrected chi connectivity index (χ3v) is 5.22. The molecule has 1 aliphatic rings. The topological polar surface area (TPSA) is 131 Å². The molecule has 0 radical (unpaired) electrons. The minimum Gasteiger partial charge on any atom is -0.506 e. The van der Waals surface area contributed by atoms with Gasteiger partial charge in [0, 0.05) is 10.8 Å². The maximum Gasteiger partial charge on any atom is 0.322 e. The number of aliphatic carboxylic acids is 1. The summed E-state index contributed by atoms with van der Waals surface area (Å²) in [4.78, 5) is 40.7. The molecule has 0 saturated carbocycles. The van der Waals surface area contributed by atoms with Crippen molar-refractivity contribution in [1.29, 1.82) is 0 Å². The summed E-state index contributed by atoms with van der Waals surface area (Å²) < 4.78 is 7.26. The number of aromatic nitrogens is 2. The number of carbonyl (C=O) groups excluding carboxylic acids is 1. The van der Waals surface area contributed by atoms with Gasteiger partial charge in [-0.1, -0.05) is 6.07 Å². The molecule has 3 N–H and O–H groups in total. The van der Waals surface area contributed by atoms with E-state index in [1.165, 1.54) is 15.9 Å². The van der Waals surface area contributed by atoms with E-state index in [0.29, 0.717) is 17.0 Å². The smallest absolute Gasteiger partial charge is 0.322 e. The van der Waals surface area contributed by atoms with Gasteiger partial charge in [0.25, 0.3) is 11.5 Å². The Kier molecular flexibility index (Phi) is 4.27. The van der Waals surface area contributed by atoms with Crippen LogP contribution in [0.4, 0.5) is 0 Å². The molecule has 3 aromatic rings. The second-order valence-corrected chi connectivity index (χ2v) is 7.04. The second-order valence-electron chi connectivity index (χ2n) is 6.32. The Balaban J connectivity index is 2.02. The fourth-order valence-corrected chi connectivity index (χ4v) is 3.93. The highest BCUT2D eigenvalue weighted by Gasteiger charge is 2.32. The lowest BCUT2D eigenvalue weighted by molar-refractivity contribution is -0.135. The van der Waals surface area contributed by atoms with Crippen LogP contribution in [0.1, 0.15) is 27.7 Å². The molecule has 1 atom stereocenters. The van der Waals surface area contributed by atoms with Gasteiger partial charge in [0.15, 0.2) is 0 Å². The van der Waals surface area contributed by atoms with Crippen molar-refractivity contribution in [3.63, 3.8) is 0 Å². The number of carboxylic acid groups (broad SMARTS) is 1. The summed E-state index contributed by atoms with van der Waals surface area (Å²) >= 11 is 1.36. The van der Waals surface area contributed by atoms with Crippen molar-refractivity contribution >= 4 is 34.1 Å². The zero-order chi connectivity index (χ0) is 20.0. The summed E-state index contributed by atoms with van der Waals surface area (Å²) in [6.07, 6.45) is 0. The summed E-state index contributed by atoms with van der Waals surface area (Å²) in [5, 5.41) is 23.6. The van der Waals surface area contributed by atoms with Crippen LogP contribution in [0.3, 0.4) is 0 Å². The standard InChI is InChI=1S/C18H15N3O6S/c1-8-2-3-9-14-16(8)27-5-11(10-6-28-7-20-10)21(14)18(26)13(15(9)24)17(25)19-4-12(22)23/h2-3,6-7,11,24H,4-5H2,1H3,(H,19,25)(H,22,23). The lowest BCUT2D eigenvalue weighted by atomic mass is 10.0. The summed E-state index contributed by atoms with van der Waals surface area (Å²) in [6, 6.07) is 2.73. The predicted octanol–water partition coefficient (Wildman–Crippen LogP) is 1.27. The molecule has 1 unspecified atom stereocenters. The molecule has 1 amide bonds. The Hall–Kier alpha value is -3.40. The number of aromatic hydroxyl groups is 1. The van der Waals surface area contributed by atoms with E-state index in [1.54, 1.807) is 23.0 Å². The van der Waals surface area contributed by atoms with Gasteiger partial charge in [0.05, 0.1) is 16.7 Å². The number of ether oxygens (including phenoxy) is 1. The fourth-order valence-electron chi connectivity index (χ4n) is 3.33. The molecule has 1 aromatic carbocycles. The molecular weight excluding hydrogens is 386 g/mol. The molecule has 0 saturated heterocycles. The predicted molar refractivity (Wildman–Crippen MR) is 100 cm³/mol. The first-order valence-electron chi connectivity index (χ1n) is 8.31. The number of hydrogen-bond acceptors (Lipinski definition) is 7. The maximum absolute atomic E-state index is 13.2. The Labute approximate surface area is 161 Å². The Morgan fingerprint density at radius 1 is 1.43 bits per heavy atom. The van der Waals surface area contributed by atoms with Gasteiger partial charge in [-0.25, -0.2) is 4.98 Å². The summed E-state index contributed by atoms with van der Waals surface area (Å²) in [5.41, 5.74) is 2.14. The third kappa shape index (κ3) is 2.69. The van der Waals surface area contributed by atoms with Crippen LogP contribution in [-0.2, 0) is 4.79 Å². The first-order chi connectivity index (χ1) is 13.4. The highest BCUT2D eigenvalue weighted by atomic mass is 32.1. The quantitative estimate of drug-likeness (QED) is 0.600. The van der Waals surface area contributed by atoms with Crippen molar-refractivity contribution in [3.8, 4) is 11.5 Å². The highest BCUT2D eigenvalue weighted by Crippen LogP contribution is 2.40. The number of pyridine rings is 1. The Morgan fingerprint density at radius 3 is 2.89 bits per heavy atom. The number of amides is 1. The van der Waals surface area contributed by atoms with Gasteiger partial charge in [-0.2, -0.15) is 0 Å². The number of thiazole rings is 1. The highest BCUT2D eigenvalue weighted by molar-refractivity contribution is 7.07. The van der Waals surface area contributed by atoms with Crippen LogP contribution in [0.25, 0.3) is 10.9 Å². The van der Waals surface area contributed by atoms with E-state index < -0.39 is 41.3 Å². The first kappa shape index (κ1) is 18.0. The van der Waals surface area contributed by atoms with Crippen molar-refractivity contribution in [3.05, 3.63) is 50.2 Å². The number of benzene rings is 1. The Bertz CT molecular complexity index is 1170. The minimum absolute atomic E-state index is 0.136. The monoisotopic (exact) mass is 401 g/mol. The van der Waals surface area contributed by atoms with Crippen LogP contribution in [0.2, 0.25) is 0 Å². The van der Waals surface area contributed by atoms with Crippen molar-refractivity contribution in [1.82, 2.24) is 14.9 Å². The van der Waals surface area contributed by atoms with Crippen LogP contribution < -0.4 is 15.6 Å². The van der Waals surface area contributed by atoms with Gasteiger partial charge < -0.3 is 20.3 Å². The molecule has 0 bridgehead atoms. The van der Waals surface area contributed by atoms with Crippen LogP contribution in [0.15, 0.2) is 27.8 Å². The van der Waals surface area contributed by atoms with Crippen molar-refractivity contribution in [2.24, 2.45) is 0 Å². The third-order valence-electron chi connectivity index (χ3n) is 4.61. The number of rotatable bonds is 4. The largest absolute Gasteiger partial charge is 0.506 e. The number of aryl methyl sites for hydroxylation is 1. The van der Waals surface area contributed by atoms with E-state index in [2.05, 4.69) is 10.3 Å². The van der Waals surface area contributed by atoms with Gasteiger partial charge in [0.1, 0.15) is 36.3 Å². The zero-order valence-corrected chi connectivity index (χ0v) is 15.4. The molecule has 144 valence electrons. The maximum atomic E-state index is 13.2. The number of carbonyl (C=O) groups is 2. The molecule has 28 heavy (non-hydrogen) atoms. The van der Waals surface area contributed by atoms with Crippen LogP contribution in [0.5, 0.6) is 11.5 Å². The summed E-state index contributed by atoms with van der Waals surface area (Å²) in [5.74, 6) is -2.28. The average molecular weight is 401 g/mol. The second kappa shape index (κ2) is 6.64. The number of hydrogen-bond donors (Lipinski definition) is 3. The number of nitrogens with one attached hydrogen (secondary N) is 1. The normalized spacial score (nSPS) is 15.2. The van der Waals surface area contributed by atoms with E-state index in [9.17, 15) is 19.5 Å². The van der Waals surface area contributed by atoms with Gasteiger partial charge in [-0.05, 0) is 18.6 Å². The summed E-state index contributed by atoms with van der Waals surface area (Å²) in [7, 11) is 0. The van der Waals surface area contributed by atoms with E-state index in [1.807, 2.05) is 6.92 Å². The average Bonchev–Trinajstić information content (AvgIpc) is 3.19. The van der Waals surface area contributed by atoms with Crippen LogP contribution >= 0.6 is 11.3 Å². The summed E-state index contributed by atoms with van der Waals surface area (Å²) in [6.45, 7) is 1.28. The van der Waals surface area contributed by atoms with E-state index in [0.717, 1.165) is 5.56 Å². The van der Waals surface area contributed by atoms with Gasteiger partial charge >= 0.3 is 5.97 Å². The lowest BCUT2D eigenvalue weighted by Crippen LogP contribution is -2.39. The minimum atomic E-state index is -1.26. The molecule has 2 aromatic heterocycles. The Morgan fingerprint density at radius 2 is 2.21 bits per heavy atom. The van der Waals surface area contributed by atoms with Crippen molar-refractivity contribution < 1.29 is 24.5 Å². The number of carboxylic acids is 1. The van der Waals surface area contributed by atoms with Crippen molar-refractivity contribution in [2.45, 2.75) is 13.0 Å². The van der Waals surface area contributed by atoms with Crippen molar-refractivity contribution in [2.75, 3.05) is 13.2 Å². The molecule has 4 rings (SSSR count). The molecule has 10 heteroatoms. The van der Waals surface area contributed by atoms with Gasteiger partial charge in [0.2, 0.25) is 0 Å². The molecule has 0 aliphatic carbocycles. The number of nitrogens with zero attached hydrogens (tertiary/aromatic N) is 2. The molecule has 1 aliphatic heterocycles. The van der Waals surface area contributed by atoms with Gasteiger partial charge in [-0.3, -0.25) is 19.0 Å². The zero-order valence-electron chi connectivity index (χ0n) is 14.6. The molecular formula is C18H15N3O6S. The fraction of sp³-hybridized carbons (Fsp3) is 0.222.